The SMILES string of the molecule is CC(C)(C)c1ccc2c(c1)C(=O)CC2C(=O)NC1CC1. The number of carbonyl (C=O) groups excluding carboxylic acids is 2. The van der Waals surface area contributed by atoms with E-state index in [4.69, 9.17) is 0 Å². The molecule has 1 aromatic rings. The molecule has 1 aromatic carbocycles. The monoisotopic (exact) mass is 271 g/mol. The Labute approximate surface area is 119 Å². The summed E-state index contributed by atoms with van der Waals surface area (Å²) in [5.41, 5.74) is 2.81. The normalized spacial score (nSPS) is 21.8. The van der Waals surface area contributed by atoms with Gasteiger partial charge in [0.25, 0.3) is 0 Å². The molecule has 0 saturated heterocycles. The predicted molar refractivity (Wildman–Crippen MR) is 78.0 cm³/mol. The highest BCUT2D eigenvalue weighted by Gasteiger charge is 2.37. The Morgan fingerprint density at radius 2 is 1.95 bits per heavy atom. The van der Waals surface area contributed by atoms with E-state index in [-0.39, 0.29) is 23.0 Å². The van der Waals surface area contributed by atoms with E-state index < -0.39 is 0 Å². The molecule has 0 aliphatic heterocycles. The minimum atomic E-state index is -0.285. The Bertz CT molecular complexity index is 579. The van der Waals surface area contributed by atoms with Gasteiger partial charge in [-0.05, 0) is 35.4 Å². The van der Waals surface area contributed by atoms with Crippen LogP contribution in [0.15, 0.2) is 18.2 Å². The Hall–Kier alpha value is -1.64. The molecule has 1 saturated carbocycles. The van der Waals surface area contributed by atoms with E-state index in [1.54, 1.807) is 0 Å². The van der Waals surface area contributed by atoms with Crippen LogP contribution >= 0.6 is 0 Å². The summed E-state index contributed by atoms with van der Waals surface area (Å²) in [5, 5.41) is 3.01. The van der Waals surface area contributed by atoms with Gasteiger partial charge in [0.15, 0.2) is 5.78 Å². The van der Waals surface area contributed by atoms with Crippen molar-refractivity contribution in [3.63, 3.8) is 0 Å². The second-order valence-electron chi connectivity index (χ2n) is 7.01. The quantitative estimate of drug-likeness (QED) is 0.899. The van der Waals surface area contributed by atoms with Gasteiger partial charge in [0.2, 0.25) is 5.91 Å². The van der Waals surface area contributed by atoms with E-state index in [2.05, 4.69) is 32.2 Å². The minimum absolute atomic E-state index is 0.0168. The summed E-state index contributed by atoms with van der Waals surface area (Å²) in [6.45, 7) is 6.39. The third kappa shape index (κ3) is 2.37. The molecule has 2 aliphatic rings. The van der Waals surface area contributed by atoms with Crippen molar-refractivity contribution in [2.45, 2.75) is 57.4 Å². The minimum Gasteiger partial charge on any atom is -0.353 e. The lowest BCUT2D eigenvalue weighted by Gasteiger charge is -2.20. The molecule has 0 bridgehead atoms. The zero-order valence-electron chi connectivity index (χ0n) is 12.3. The van der Waals surface area contributed by atoms with E-state index in [0.29, 0.717) is 12.5 Å². The van der Waals surface area contributed by atoms with E-state index in [1.165, 1.54) is 0 Å². The van der Waals surface area contributed by atoms with Crippen molar-refractivity contribution in [1.29, 1.82) is 0 Å². The summed E-state index contributed by atoms with van der Waals surface area (Å²) in [6, 6.07) is 6.34. The van der Waals surface area contributed by atoms with Crippen molar-refractivity contribution >= 4 is 11.7 Å². The maximum atomic E-state index is 12.2. The average Bonchev–Trinajstić information content (AvgIpc) is 3.11. The van der Waals surface area contributed by atoms with Gasteiger partial charge in [-0.25, -0.2) is 0 Å². The Kier molecular flexibility index (Phi) is 2.96. The molecule has 1 amide bonds. The first-order valence-corrected chi connectivity index (χ1v) is 7.34. The van der Waals surface area contributed by atoms with Gasteiger partial charge < -0.3 is 5.32 Å². The lowest BCUT2D eigenvalue weighted by atomic mass is 9.85. The van der Waals surface area contributed by atoms with Gasteiger partial charge >= 0.3 is 0 Å². The second-order valence-corrected chi connectivity index (χ2v) is 7.01. The van der Waals surface area contributed by atoms with Gasteiger partial charge in [-0.3, -0.25) is 9.59 Å². The van der Waals surface area contributed by atoms with Gasteiger partial charge in [0.1, 0.15) is 0 Å². The van der Waals surface area contributed by atoms with Crippen LogP contribution in [0.2, 0.25) is 0 Å². The van der Waals surface area contributed by atoms with E-state index in [9.17, 15) is 9.59 Å². The Balaban J connectivity index is 1.91. The number of benzene rings is 1. The first kappa shape index (κ1) is 13.3. The highest BCUT2D eigenvalue weighted by atomic mass is 16.2. The number of rotatable bonds is 2. The first-order valence-electron chi connectivity index (χ1n) is 7.34. The third-order valence-electron chi connectivity index (χ3n) is 4.22. The maximum absolute atomic E-state index is 12.2. The summed E-state index contributed by atoms with van der Waals surface area (Å²) in [4.78, 5) is 24.4. The fourth-order valence-electron chi connectivity index (χ4n) is 2.74. The molecule has 3 heteroatoms. The van der Waals surface area contributed by atoms with Crippen molar-refractivity contribution in [3.8, 4) is 0 Å². The molecule has 1 unspecified atom stereocenters. The zero-order chi connectivity index (χ0) is 14.5. The topological polar surface area (TPSA) is 46.2 Å². The fraction of sp³-hybridized carbons (Fsp3) is 0.529. The van der Waals surface area contributed by atoms with Crippen LogP contribution in [0.25, 0.3) is 0 Å². The predicted octanol–water partition coefficient (Wildman–Crippen LogP) is 2.93. The number of fused-ring (bicyclic) bond motifs is 1. The maximum Gasteiger partial charge on any atom is 0.228 e. The van der Waals surface area contributed by atoms with E-state index in [1.807, 2.05) is 12.1 Å². The number of Topliss-reactive ketones (excluding diaryl/α,β-unsaturated/α-hetero) is 1. The number of hydrogen-bond acceptors (Lipinski definition) is 2. The van der Waals surface area contributed by atoms with Gasteiger partial charge in [0.05, 0.1) is 5.92 Å². The second kappa shape index (κ2) is 4.44. The van der Waals surface area contributed by atoms with Crippen LogP contribution in [0.5, 0.6) is 0 Å². The molecule has 0 radical (unpaired) electrons. The van der Waals surface area contributed by atoms with Crippen molar-refractivity contribution in [3.05, 3.63) is 34.9 Å². The highest BCUT2D eigenvalue weighted by molar-refractivity contribution is 6.07. The van der Waals surface area contributed by atoms with Crippen LogP contribution in [0.4, 0.5) is 0 Å². The molecule has 2 aliphatic carbocycles. The van der Waals surface area contributed by atoms with E-state index >= 15 is 0 Å². The van der Waals surface area contributed by atoms with Crippen molar-refractivity contribution in [2.75, 3.05) is 0 Å². The number of ketones is 1. The number of amides is 1. The molecule has 1 atom stereocenters. The first-order chi connectivity index (χ1) is 9.36. The molecule has 1 N–H and O–H groups in total. The smallest absolute Gasteiger partial charge is 0.228 e. The molecule has 0 heterocycles. The average molecular weight is 271 g/mol. The molecule has 0 aromatic heterocycles. The van der Waals surface area contributed by atoms with E-state index in [0.717, 1.165) is 29.5 Å². The van der Waals surface area contributed by atoms with Crippen LogP contribution in [-0.4, -0.2) is 17.7 Å². The third-order valence-corrected chi connectivity index (χ3v) is 4.22. The van der Waals surface area contributed by atoms with Gasteiger partial charge in [-0.15, -0.1) is 0 Å². The molecular weight excluding hydrogens is 250 g/mol. The van der Waals surface area contributed by atoms with Crippen molar-refractivity contribution in [2.24, 2.45) is 0 Å². The molecule has 3 rings (SSSR count). The molecule has 3 nitrogen and oxygen atoms in total. The van der Waals surface area contributed by atoms with Crippen LogP contribution in [0.3, 0.4) is 0 Å². The van der Waals surface area contributed by atoms with Crippen LogP contribution in [0, 0.1) is 0 Å². The molecule has 20 heavy (non-hydrogen) atoms. The number of hydrogen-bond donors (Lipinski definition) is 1. The highest BCUT2D eigenvalue weighted by Crippen LogP contribution is 2.36. The standard InChI is InChI=1S/C17H21NO2/c1-17(2,3)10-4-7-12-13(8-10)15(19)9-14(12)16(20)18-11-5-6-11/h4,7-8,11,14H,5-6,9H2,1-3H3,(H,18,20). The van der Waals surface area contributed by atoms with Crippen LogP contribution < -0.4 is 5.32 Å². The summed E-state index contributed by atoms with van der Waals surface area (Å²) in [7, 11) is 0. The van der Waals surface area contributed by atoms with Crippen molar-refractivity contribution in [1.82, 2.24) is 5.32 Å². The summed E-state index contributed by atoms with van der Waals surface area (Å²) in [5.74, 6) is -0.169. The number of nitrogens with one attached hydrogen (secondary N) is 1. The largest absolute Gasteiger partial charge is 0.353 e. The summed E-state index contributed by atoms with van der Waals surface area (Å²) >= 11 is 0. The molecular formula is C17H21NO2. The van der Waals surface area contributed by atoms with Crippen LogP contribution in [-0.2, 0) is 10.2 Å². The fourth-order valence-corrected chi connectivity index (χ4v) is 2.74. The Morgan fingerprint density at radius 3 is 2.55 bits per heavy atom. The number of carbonyl (C=O) groups is 2. The Morgan fingerprint density at radius 1 is 1.25 bits per heavy atom. The van der Waals surface area contributed by atoms with Gasteiger partial charge in [-0.2, -0.15) is 0 Å². The zero-order valence-corrected chi connectivity index (χ0v) is 12.3. The molecule has 0 spiro atoms. The summed E-state index contributed by atoms with van der Waals surface area (Å²) < 4.78 is 0. The van der Waals surface area contributed by atoms with Crippen molar-refractivity contribution < 1.29 is 9.59 Å². The lowest BCUT2D eigenvalue weighted by molar-refractivity contribution is -0.122. The summed E-state index contributed by atoms with van der Waals surface area (Å²) in [6.07, 6.45) is 2.46. The van der Waals surface area contributed by atoms with Gasteiger partial charge in [-0.1, -0.05) is 32.9 Å². The van der Waals surface area contributed by atoms with Crippen LogP contribution in [0.1, 0.15) is 67.4 Å². The lowest BCUT2D eigenvalue weighted by Crippen LogP contribution is -2.30. The molecule has 1 fully saturated rings. The van der Waals surface area contributed by atoms with Gasteiger partial charge in [0, 0.05) is 18.0 Å². The molecule has 106 valence electrons.